The van der Waals surface area contributed by atoms with E-state index in [0.717, 1.165) is 57.7 Å². The Morgan fingerprint density at radius 3 is 2.32 bits per heavy atom. The average Bonchev–Trinajstić information content (AvgIpc) is 2.79. The van der Waals surface area contributed by atoms with Gasteiger partial charge < -0.3 is 9.80 Å². The molecule has 164 valence electrons. The number of likely N-dealkylation sites (tertiary alicyclic amines) is 1. The Morgan fingerprint density at radius 1 is 0.871 bits per heavy atom. The number of carbonyl (C=O) groups is 2. The summed E-state index contributed by atoms with van der Waals surface area (Å²) in [4.78, 5) is 32.4. The van der Waals surface area contributed by atoms with Crippen molar-refractivity contribution in [3.05, 3.63) is 70.8 Å². The van der Waals surface area contributed by atoms with Gasteiger partial charge in [0.15, 0.2) is 0 Å². The lowest BCUT2D eigenvalue weighted by Gasteiger charge is -2.39. The van der Waals surface area contributed by atoms with Gasteiger partial charge in [-0.05, 0) is 44.4 Å². The van der Waals surface area contributed by atoms with Gasteiger partial charge >= 0.3 is 0 Å². The zero-order valence-electron chi connectivity index (χ0n) is 18.7. The highest BCUT2D eigenvalue weighted by Gasteiger charge is 2.32. The Morgan fingerprint density at radius 2 is 1.61 bits per heavy atom. The minimum atomic E-state index is -0.0773. The maximum absolute atomic E-state index is 13.2. The molecule has 1 unspecified atom stereocenters. The molecule has 0 aliphatic carbocycles. The molecule has 2 aliphatic rings. The van der Waals surface area contributed by atoms with E-state index in [-0.39, 0.29) is 17.7 Å². The van der Waals surface area contributed by atoms with Crippen LogP contribution in [-0.4, -0.2) is 65.8 Å². The van der Waals surface area contributed by atoms with Crippen molar-refractivity contribution >= 4 is 11.8 Å². The molecule has 0 bridgehead atoms. The van der Waals surface area contributed by atoms with Gasteiger partial charge in [0, 0.05) is 51.4 Å². The van der Waals surface area contributed by atoms with E-state index in [9.17, 15) is 9.59 Å². The third kappa shape index (κ3) is 5.34. The van der Waals surface area contributed by atoms with E-state index < -0.39 is 0 Å². The molecule has 2 aromatic carbocycles. The molecule has 0 spiro atoms. The summed E-state index contributed by atoms with van der Waals surface area (Å²) in [5.74, 6) is 0.184. The number of amides is 2. The predicted molar refractivity (Wildman–Crippen MR) is 123 cm³/mol. The molecular formula is C26H33N3O2. The lowest BCUT2D eigenvalue weighted by molar-refractivity contribution is -0.138. The third-order valence-electron chi connectivity index (χ3n) is 6.53. The maximum atomic E-state index is 13.2. The van der Waals surface area contributed by atoms with Gasteiger partial charge in [0.05, 0.1) is 5.92 Å². The second kappa shape index (κ2) is 9.65. The van der Waals surface area contributed by atoms with E-state index in [2.05, 4.69) is 36.1 Å². The molecule has 2 aromatic rings. The zero-order valence-corrected chi connectivity index (χ0v) is 18.7. The molecule has 2 fully saturated rings. The number of aryl methyl sites for hydroxylation is 2. The zero-order chi connectivity index (χ0) is 21.8. The minimum absolute atomic E-state index is 0.0421. The Kier molecular flexibility index (Phi) is 6.71. The first kappa shape index (κ1) is 21.6. The molecule has 5 heteroatoms. The number of benzene rings is 2. The largest absolute Gasteiger partial charge is 0.340 e. The molecule has 1 atom stereocenters. The molecule has 4 rings (SSSR count). The first-order valence-corrected chi connectivity index (χ1v) is 11.4. The standard InChI is InChI=1S/C26H33N3O2/c1-20-8-10-23(11-9-20)25(30)29-12-4-7-24(19-29)26(31)28-15-13-27(14-16-28)18-22-6-3-5-21(2)17-22/h3,5-6,8-11,17,24H,4,7,12-16,18-19H2,1-2H3. The van der Waals surface area contributed by atoms with Crippen LogP contribution in [0.15, 0.2) is 48.5 Å². The van der Waals surface area contributed by atoms with Crippen LogP contribution in [0.5, 0.6) is 0 Å². The van der Waals surface area contributed by atoms with E-state index in [4.69, 9.17) is 0 Å². The van der Waals surface area contributed by atoms with Crippen molar-refractivity contribution in [1.82, 2.24) is 14.7 Å². The van der Waals surface area contributed by atoms with Crippen LogP contribution in [0, 0.1) is 19.8 Å². The minimum Gasteiger partial charge on any atom is -0.340 e. The molecule has 0 radical (unpaired) electrons. The monoisotopic (exact) mass is 419 g/mol. The Bertz CT molecular complexity index is 917. The van der Waals surface area contributed by atoms with Crippen molar-refractivity contribution in [2.75, 3.05) is 39.3 Å². The molecule has 2 heterocycles. The van der Waals surface area contributed by atoms with Crippen LogP contribution in [0.2, 0.25) is 0 Å². The van der Waals surface area contributed by atoms with Crippen LogP contribution in [0.1, 0.15) is 39.9 Å². The van der Waals surface area contributed by atoms with Crippen molar-refractivity contribution in [2.24, 2.45) is 5.92 Å². The van der Waals surface area contributed by atoms with Gasteiger partial charge in [0.25, 0.3) is 5.91 Å². The summed E-state index contributed by atoms with van der Waals surface area (Å²) in [6.45, 7) is 9.69. The maximum Gasteiger partial charge on any atom is 0.253 e. The van der Waals surface area contributed by atoms with E-state index in [1.54, 1.807) is 0 Å². The Hall–Kier alpha value is -2.66. The molecule has 2 amide bonds. The van der Waals surface area contributed by atoms with Gasteiger partial charge in [-0.25, -0.2) is 0 Å². The highest BCUT2D eigenvalue weighted by molar-refractivity contribution is 5.94. The van der Waals surface area contributed by atoms with Crippen molar-refractivity contribution < 1.29 is 9.59 Å². The molecule has 5 nitrogen and oxygen atoms in total. The van der Waals surface area contributed by atoms with Crippen molar-refractivity contribution in [3.8, 4) is 0 Å². The topological polar surface area (TPSA) is 43.9 Å². The van der Waals surface area contributed by atoms with Gasteiger partial charge in [-0.3, -0.25) is 14.5 Å². The summed E-state index contributed by atoms with van der Waals surface area (Å²) in [6.07, 6.45) is 1.77. The van der Waals surface area contributed by atoms with Crippen LogP contribution >= 0.6 is 0 Å². The van der Waals surface area contributed by atoms with Gasteiger partial charge in [0.1, 0.15) is 0 Å². The number of hydrogen-bond donors (Lipinski definition) is 0. The van der Waals surface area contributed by atoms with E-state index in [0.29, 0.717) is 12.1 Å². The first-order valence-electron chi connectivity index (χ1n) is 11.4. The van der Waals surface area contributed by atoms with Crippen LogP contribution in [0.4, 0.5) is 0 Å². The second-order valence-corrected chi connectivity index (χ2v) is 9.05. The molecule has 31 heavy (non-hydrogen) atoms. The fourth-order valence-corrected chi connectivity index (χ4v) is 4.70. The number of carbonyl (C=O) groups excluding carboxylic acids is 2. The number of piperazine rings is 1. The molecule has 2 saturated heterocycles. The lowest BCUT2D eigenvalue weighted by atomic mass is 9.95. The molecule has 0 aromatic heterocycles. The smallest absolute Gasteiger partial charge is 0.253 e. The average molecular weight is 420 g/mol. The van der Waals surface area contributed by atoms with Gasteiger partial charge in [-0.1, -0.05) is 47.5 Å². The van der Waals surface area contributed by atoms with Crippen molar-refractivity contribution in [1.29, 1.82) is 0 Å². The summed E-state index contributed by atoms with van der Waals surface area (Å²) in [5.41, 5.74) is 4.47. The highest BCUT2D eigenvalue weighted by atomic mass is 16.2. The molecule has 0 saturated carbocycles. The van der Waals surface area contributed by atoms with Gasteiger partial charge in [-0.2, -0.15) is 0 Å². The molecule has 2 aliphatic heterocycles. The molecule has 0 N–H and O–H groups in total. The third-order valence-corrected chi connectivity index (χ3v) is 6.53. The summed E-state index contributed by atoms with van der Waals surface area (Å²) >= 11 is 0. The SMILES string of the molecule is Cc1ccc(C(=O)N2CCCC(C(=O)N3CCN(Cc4cccc(C)c4)CC3)C2)cc1. The summed E-state index contributed by atoms with van der Waals surface area (Å²) < 4.78 is 0. The van der Waals surface area contributed by atoms with E-state index in [1.807, 2.05) is 41.0 Å². The Balaban J connectivity index is 1.30. The second-order valence-electron chi connectivity index (χ2n) is 9.05. The summed E-state index contributed by atoms with van der Waals surface area (Å²) in [6, 6.07) is 16.3. The van der Waals surface area contributed by atoms with E-state index in [1.165, 1.54) is 11.1 Å². The summed E-state index contributed by atoms with van der Waals surface area (Å²) in [5, 5.41) is 0. The van der Waals surface area contributed by atoms with Crippen LogP contribution in [0.3, 0.4) is 0 Å². The quantitative estimate of drug-likeness (QED) is 0.762. The number of nitrogens with zero attached hydrogens (tertiary/aromatic N) is 3. The van der Waals surface area contributed by atoms with Gasteiger partial charge in [0.2, 0.25) is 5.91 Å². The highest BCUT2D eigenvalue weighted by Crippen LogP contribution is 2.22. The lowest BCUT2D eigenvalue weighted by Crippen LogP contribution is -2.52. The predicted octanol–water partition coefficient (Wildman–Crippen LogP) is 3.50. The number of piperidine rings is 1. The molecular weight excluding hydrogens is 386 g/mol. The first-order chi connectivity index (χ1) is 15.0. The Labute approximate surface area is 185 Å². The normalized spacial score (nSPS) is 20.0. The van der Waals surface area contributed by atoms with Crippen LogP contribution in [0.25, 0.3) is 0 Å². The number of rotatable bonds is 4. The number of hydrogen-bond acceptors (Lipinski definition) is 3. The fourth-order valence-electron chi connectivity index (χ4n) is 4.70. The van der Waals surface area contributed by atoms with E-state index >= 15 is 0 Å². The fraction of sp³-hybridized carbons (Fsp3) is 0.462. The van der Waals surface area contributed by atoms with Crippen molar-refractivity contribution in [3.63, 3.8) is 0 Å². The van der Waals surface area contributed by atoms with Gasteiger partial charge in [-0.15, -0.1) is 0 Å². The van der Waals surface area contributed by atoms with Crippen molar-refractivity contribution in [2.45, 2.75) is 33.2 Å². The van der Waals surface area contributed by atoms with Crippen LogP contribution < -0.4 is 0 Å². The summed E-state index contributed by atoms with van der Waals surface area (Å²) in [7, 11) is 0. The van der Waals surface area contributed by atoms with Crippen LogP contribution in [-0.2, 0) is 11.3 Å².